The first-order chi connectivity index (χ1) is 18.4. The molecule has 40 heavy (non-hydrogen) atoms. The molecule has 5 fully saturated rings. The van der Waals surface area contributed by atoms with Gasteiger partial charge in [-0.25, -0.2) is 0 Å². The van der Waals surface area contributed by atoms with Crippen molar-refractivity contribution in [3.05, 3.63) is 12.2 Å². The molecule has 1 N–H and O–H groups in total. The van der Waals surface area contributed by atoms with Crippen molar-refractivity contribution in [2.45, 2.75) is 125 Å². The summed E-state index contributed by atoms with van der Waals surface area (Å²) in [6.45, 7) is 22.8. The molecule has 0 bridgehead atoms. The molecule has 1 aliphatic heterocycles. The number of aldehydes is 1. The van der Waals surface area contributed by atoms with E-state index in [1.807, 2.05) is 4.90 Å². The quantitative estimate of drug-likeness (QED) is 0.282. The third-order valence-electron chi connectivity index (χ3n) is 14.5. The van der Waals surface area contributed by atoms with Gasteiger partial charge in [0, 0.05) is 23.9 Å². The Bertz CT molecular complexity index is 1110. The van der Waals surface area contributed by atoms with Crippen LogP contribution in [0, 0.1) is 56.7 Å². The minimum Gasteiger partial charge on any atom is -0.481 e. The predicted molar refractivity (Wildman–Crippen MR) is 158 cm³/mol. The van der Waals surface area contributed by atoms with E-state index in [0.29, 0.717) is 36.1 Å². The van der Waals surface area contributed by atoms with E-state index in [4.69, 9.17) is 0 Å². The molecule has 4 saturated carbocycles. The van der Waals surface area contributed by atoms with E-state index >= 15 is 0 Å². The second-order valence-corrected chi connectivity index (χ2v) is 16.9. The topological polar surface area (TPSA) is 74.7 Å². The summed E-state index contributed by atoms with van der Waals surface area (Å²) in [5.41, 5.74) is 0.264. The molecule has 224 valence electrons. The van der Waals surface area contributed by atoms with Crippen molar-refractivity contribution in [1.29, 1.82) is 0 Å². The smallest absolute Gasteiger partial charge is 0.309 e. The highest BCUT2D eigenvalue weighted by atomic mass is 16.4. The van der Waals surface area contributed by atoms with Gasteiger partial charge in [0.1, 0.15) is 6.29 Å². The van der Waals surface area contributed by atoms with Crippen molar-refractivity contribution in [2.75, 3.05) is 6.54 Å². The molecular weight excluding hydrogens is 498 g/mol. The fourth-order valence-corrected chi connectivity index (χ4v) is 12.1. The van der Waals surface area contributed by atoms with Crippen molar-refractivity contribution in [3.63, 3.8) is 0 Å². The van der Waals surface area contributed by atoms with Crippen LogP contribution < -0.4 is 0 Å². The number of amides is 1. The molecule has 1 heterocycles. The number of likely N-dealkylation sites (tertiary alicyclic amines) is 1. The summed E-state index contributed by atoms with van der Waals surface area (Å²) in [5.74, 6) is 1.49. The zero-order valence-electron chi connectivity index (χ0n) is 26.6. The van der Waals surface area contributed by atoms with E-state index in [0.717, 1.165) is 44.9 Å². The van der Waals surface area contributed by atoms with Crippen molar-refractivity contribution in [3.8, 4) is 0 Å². The lowest BCUT2D eigenvalue weighted by Crippen LogP contribution is -2.70. The highest BCUT2D eigenvalue weighted by Gasteiger charge is 2.71. The number of carbonyl (C=O) groups excluding carboxylic acids is 2. The van der Waals surface area contributed by atoms with E-state index in [9.17, 15) is 19.5 Å². The average Bonchev–Trinajstić information content (AvgIpc) is 3.24. The second kappa shape index (κ2) is 9.17. The number of rotatable bonds is 5. The van der Waals surface area contributed by atoms with Gasteiger partial charge in [0.05, 0.1) is 5.41 Å². The summed E-state index contributed by atoms with van der Waals surface area (Å²) in [7, 11) is 0. The number of fused-ring (bicyclic) bond motifs is 7. The highest BCUT2D eigenvalue weighted by molar-refractivity contribution is 5.85. The van der Waals surface area contributed by atoms with Crippen molar-refractivity contribution in [2.24, 2.45) is 56.7 Å². The normalized spacial score (nSPS) is 45.9. The Labute approximate surface area is 242 Å². The first-order valence-corrected chi connectivity index (χ1v) is 16.1. The molecule has 0 aromatic rings. The second-order valence-electron chi connectivity index (χ2n) is 16.9. The molecule has 5 nitrogen and oxygen atoms in total. The van der Waals surface area contributed by atoms with Crippen molar-refractivity contribution < 1.29 is 19.5 Å². The molecule has 5 heteroatoms. The number of carboxylic acids is 1. The number of nitrogens with zero attached hydrogens (tertiary/aromatic N) is 1. The molecule has 0 radical (unpaired) electrons. The van der Waals surface area contributed by atoms with E-state index in [1.54, 1.807) is 13.8 Å². The fourth-order valence-electron chi connectivity index (χ4n) is 12.1. The molecule has 1 saturated heterocycles. The van der Waals surface area contributed by atoms with Crippen molar-refractivity contribution >= 4 is 18.2 Å². The Morgan fingerprint density at radius 3 is 2.20 bits per heavy atom. The Kier molecular flexibility index (Phi) is 6.84. The average molecular weight is 554 g/mol. The van der Waals surface area contributed by atoms with Gasteiger partial charge in [0.25, 0.3) is 0 Å². The van der Waals surface area contributed by atoms with Gasteiger partial charge in [0.15, 0.2) is 0 Å². The van der Waals surface area contributed by atoms with Gasteiger partial charge in [-0.15, -0.1) is 0 Å². The number of allylic oxidation sites excluding steroid dienone is 1. The minimum absolute atomic E-state index is 0.0204. The molecule has 0 aromatic carbocycles. The molecular formula is C35H55NO4. The van der Waals surface area contributed by atoms with Gasteiger partial charge in [-0.2, -0.15) is 0 Å². The molecule has 0 spiro atoms. The molecule has 1 amide bonds. The van der Waals surface area contributed by atoms with Crippen LogP contribution in [0.5, 0.6) is 0 Å². The zero-order chi connectivity index (χ0) is 29.7. The molecule has 9 atom stereocenters. The number of hydrogen-bond acceptors (Lipinski definition) is 3. The maximum Gasteiger partial charge on any atom is 0.309 e. The van der Waals surface area contributed by atoms with E-state index in [1.165, 1.54) is 24.7 Å². The summed E-state index contributed by atoms with van der Waals surface area (Å²) in [4.78, 5) is 40.1. The van der Waals surface area contributed by atoms with Gasteiger partial charge >= 0.3 is 5.97 Å². The van der Waals surface area contributed by atoms with Gasteiger partial charge < -0.3 is 14.8 Å². The SMILES string of the molecule is C=C(C)[C@@H]1CC[C@]2(C=O)CC[C@]3(C)[C@H](CC[C@@H]4[C@@]5(C)CCN(C(=O)CC(C)(C)C(=O)O)C(C)(C)[C@@H]5CC[C@]43C)[C@@H]12. The Hall–Kier alpha value is -1.65. The molecule has 5 aliphatic rings. The standard InChI is InChI=1S/C35H55NO4/c1-22(2)23-12-15-35(21-37)17-16-33(8)24(28(23)35)10-11-26-32(7)18-19-36(27(38)20-30(3,4)29(39)40)31(5,6)25(32)13-14-34(26,33)9/h21,23-26,28H,1,10-20H2,2-9H3,(H,39,40)/t23-,24+,25-,26+,28+,32-,33+,34+,35+/m0/s1. The number of aliphatic carboxylic acids is 1. The van der Waals surface area contributed by atoms with E-state index in [2.05, 4.69) is 48.1 Å². The summed E-state index contributed by atoms with van der Waals surface area (Å²) < 4.78 is 0. The highest BCUT2D eigenvalue weighted by Crippen LogP contribution is 2.76. The van der Waals surface area contributed by atoms with E-state index in [-0.39, 0.29) is 39.5 Å². The number of carbonyl (C=O) groups is 3. The Balaban J connectivity index is 1.46. The maximum atomic E-state index is 13.6. The van der Waals surface area contributed by atoms with Crippen LogP contribution in [0.15, 0.2) is 12.2 Å². The Morgan fingerprint density at radius 1 is 0.925 bits per heavy atom. The number of hydrogen-bond donors (Lipinski definition) is 1. The Morgan fingerprint density at radius 2 is 1.60 bits per heavy atom. The van der Waals surface area contributed by atoms with Crippen molar-refractivity contribution in [1.82, 2.24) is 4.90 Å². The van der Waals surface area contributed by atoms with Crippen LogP contribution in [-0.2, 0) is 14.4 Å². The molecule has 5 rings (SSSR count). The zero-order valence-corrected chi connectivity index (χ0v) is 26.6. The third-order valence-corrected chi connectivity index (χ3v) is 14.5. The lowest BCUT2D eigenvalue weighted by molar-refractivity contribution is -0.239. The van der Waals surface area contributed by atoms with Crippen LogP contribution in [0.2, 0.25) is 0 Å². The first-order valence-electron chi connectivity index (χ1n) is 16.1. The summed E-state index contributed by atoms with van der Waals surface area (Å²) in [6, 6.07) is 0. The number of piperidine rings is 1. The van der Waals surface area contributed by atoms with Crippen LogP contribution in [0.4, 0.5) is 0 Å². The summed E-state index contributed by atoms with van der Waals surface area (Å²) in [6.07, 6.45) is 11.3. The summed E-state index contributed by atoms with van der Waals surface area (Å²) >= 11 is 0. The van der Waals surface area contributed by atoms with Gasteiger partial charge in [-0.1, -0.05) is 32.9 Å². The van der Waals surface area contributed by atoms with Crippen LogP contribution in [-0.4, -0.2) is 40.3 Å². The van der Waals surface area contributed by atoms with Gasteiger partial charge in [-0.3, -0.25) is 9.59 Å². The lowest BCUT2D eigenvalue weighted by atomic mass is 9.33. The van der Waals surface area contributed by atoms with E-state index < -0.39 is 11.4 Å². The predicted octanol–water partition coefficient (Wildman–Crippen LogP) is 7.53. The van der Waals surface area contributed by atoms with Crippen LogP contribution in [0.3, 0.4) is 0 Å². The monoisotopic (exact) mass is 553 g/mol. The number of carboxylic acid groups (broad SMARTS) is 1. The molecule has 0 aromatic heterocycles. The molecule has 0 unspecified atom stereocenters. The van der Waals surface area contributed by atoms with Crippen LogP contribution in [0.1, 0.15) is 120 Å². The largest absolute Gasteiger partial charge is 0.481 e. The maximum absolute atomic E-state index is 13.6. The van der Waals surface area contributed by atoms with Gasteiger partial charge in [-0.05, 0) is 138 Å². The lowest BCUT2D eigenvalue weighted by Gasteiger charge is -2.73. The third kappa shape index (κ3) is 3.80. The minimum atomic E-state index is -1.06. The first kappa shape index (κ1) is 29.8. The summed E-state index contributed by atoms with van der Waals surface area (Å²) in [5, 5.41) is 9.66. The molecule has 4 aliphatic carbocycles. The van der Waals surface area contributed by atoms with Gasteiger partial charge in [0.2, 0.25) is 5.91 Å². The fraction of sp³-hybridized carbons (Fsp3) is 0.857. The van der Waals surface area contributed by atoms with Crippen LogP contribution >= 0.6 is 0 Å². The van der Waals surface area contributed by atoms with Crippen LogP contribution in [0.25, 0.3) is 0 Å².